The van der Waals surface area contributed by atoms with E-state index in [4.69, 9.17) is 14.6 Å². The molecule has 0 aromatic rings. The molecule has 0 rings (SSSR count). The summed E-state index contributed by atoms with van der Waals surface area (Å²) in [4.78, 5) is 35.6. The highest BCUT2D eigenvalue weighted by atomic mass is 16.5. The lowest BCUT2D eigenvalue weighted by Gasteiger charge is -2.22. The predicted molar refractivity (Wildman–Crippen MR) is 74.9 cm³/mol. The number of carboxylic acid groups (broad SMARTS) is 1. The van der Waals surface area contributed by atoms with Crippen molar-refractivity contribution in [1.29, 1.82) is 0 Å². The number of nitrogens with one attached hydrogen (secondary N) is 1. The van der Waals surface area contributed by atoms with Gasteiger partial charge in [0.25, 0.3) is 0 Å². The van der Waals surface area contributed by atoms with Crippen molar-refractivity contribution in [2.75, 3.05) is 40.0 Å². The van der Waals surface area contributed by atoms with E-state index in [1.165, 1.54) is 12.0 Å². The molecule has 0 aliphatic heterocycles. The number of amides is 2. The Bertz CT molecular complexity index is 348. The molecule has 0 aromatic carbocycles. The molecule has 8 heteroatoms. The number of carboxylic acids is 1. The molecule has 0 spiro atoms. The van der Waals surface area contributed by atoms with Crippen LogP contribution in [0, 0.1) is 5.92 Å². The van der Waals surface area contributed by atoms with Gasteiger partial charge in [0.05, 0.1) is 19.1 Å². The smallest absolute Gasteiger partial charge is 0.325 e. The highest BCUT2D eigenvalue weighted by Crippen LogP contribution is 2.01. The fourth-order valence-electron chi connectivity index (χ4n) is 1.54. The summed E-state index contributed by atoms with van der Waals surface area (Å²) in [6.07, 6.45) is 0.408. The van der Waals surface area contributed by atoms with Crippen LogP contribution in [0.1, 0.15) is 20.3 Å². The van der Waals surface area contributed by atoms with Crippen LogP contribution in [-0.4, -0.2) is 67.9 Å². The summed E-state index contributed by atoms with van der Waals surface area (Å²) in [5, 5.41) is 11.4. The Hall–Kier alpha value is -1.83. The number of methoxy groups -OCH3 is 1. The molecule has 1 atom stereocenters. The van der Waals surface area contributed by atoms with Crippen molar-refractivity contribution in [1.82, 2.24) is 10.2 Å². The first-order valence-electron chi connectivity index (χ1n) is 6.86. The number of esters is 1. The van der Waals surface area contributed by atoms with Crippen LogP contribution < -0.4 is 5.32 Å². The first-order valence-corrected chi connectivity index (χ1v) is 6.86. The van der Waals surface area contributed by atoms with Gasteiger partial charge in [-0.1, -0.05) is 6.92 Å². The molecule has 2 amide bonds. The maximum atomic E-state index is 12.0. The second kappa shape index (κ2) is 10.9. The second-order valence-electron chi connectivity index (χ2n) is 4.35. The summed E-state index contributed by atoms with van der Waals surface area (Å²) < 4.78 is 9.67. The van der Waals surface area contributed by atoms with E-state index in [0.717, 1.165) is 0 Å². The number of urea groups is 1. The Balaban J connectivity index is 4.48. The Morgan fingerprint density at radius 3 is 2.43 bits per heavy atom. The third-order valence-electron chi connectivity index (χ3n) is 2.82. The van der Waals surface area contributed by atoms with Crippen LogP contribution >= 0.6 is 0 Å². The monoisotopic (exact) mass is 304 g/mol. The normalized spacial score (nSPS) is 11.6. The van der Waals surface area contributed by atoms with Gasteiger partial charge >= 0.3 is 18.0 Å². The molecule has 0 fully saturated rings. The number of aliphatic carboxylic acids is 1. The molecule has 21 heavy (non-hydrogen) atoms. The zero-order chi connectivity index (χ0) is 16.3. The number of hydrogen-bond acceptors (Lipinski definition) is 5. The summed E-state index contributed by atoms with van der Waals surface area (Å²) in [5.74, 6) is -2.14. The van der Waals surface area contributed by atoms with E-state index < -0.39 is 23.9 Å². The molecule has 0 heterocycles. The average Bonchev–Trinajstić information content (AvgIpc) is 2.43. The molecule has 1 unspecified atom stereocenters. The number of nitrogens with zero attached hydrogens (tertiary/aromatic N) is 1. The van der Waals surface area contributed by atoms with E-state index in [1.54, 1.807) is 13.8 Å². The lowest BCUT2D eigenvalue weighted by atomic mass is 10.1. The largest absolute Gasteiger partial charge is 0.481 e. The summed E-state index contributed by atoms with van der Waals surface area (Å²) in [6, 6.07) is -0.514. The Morgan fingerprint density at radius 1 is 1.29 bits per heavy atom. The quantitative estimate of drug-likeness (QED) is 0.563. The van der Waals surface area contributed by atoms with Crippen molar-refractivity contribution in [2.24, 2.45) is 5.92 Å². The van der Waals surface area contributed by atoms with Gasteiger partial charge in [0.2, 0.25) is 0 Å². The first-order chi connectivity index (χ1) is 9.96. The molecule has 2 N–H and O–H groups in total. The topological polar surface area (TPSA) is 105 Å². The van der Waals surface area contributed by atoms with Gasteiger partial charge < -0.3 is 24.8 Å². The average molecular weight is 304 g/mol. The van der Waals surface area contributed by atoms with Crippen LogP contribution in [0.4, 0.5) is 4.79 Å². The van der Waals surface area contributed by atoms with E-state index in [1.807, 2.05) is 0 Å². The number of ether oxygens (including phenoxy) is 2. The molecule has 0 aromatic heterocycles. The Kier molecular flexibility index (Phi) is 9.95. The third-order valence-corrected chi connectivity index (χ3v) is 2.82. The van der Waals surface area contributed by atoms with E-state index in [2.05, 4.69) is 5.32 Å². The molecule has 0 bridgehead atoms. The van der Waals surface area contributed by atoms with Crippen LogP contribution in [-0.2, 0) is 19.1 Å². The molecule has 0 aliphatic rings. The number of carbonyl (C=O) groups excluding carboxylic acids is 2. The molecule has 8 nitrogen and oxygen atoms in total. The van der Waals surface area contributed by atoms with Crippen LogP contribution in [0.2, 0.25) is 0 Å². The van der Waals surface area contributed by atoms with E-state index >= 15 is 0 Å². The molecule has 0 saturated heterocycles. The highest BCUT2D eigenvalue weighted by molar-refractivity contribution is 5.81. The lowest BCUT2D eigenvalue weighted by Crippen LogP contribution is -2.46. The van der Waals surface area contributed by atoms with Crippen LogP contribution in [0.25, 0.3) is 0 Å². The minimum absolute atomic E-state index is 0.0109. The van der Waals surface area contributed by atoms with Crippen molar-refractivity contribution in [3.05, 3.63) is 0 Å². The SMILES string of the molecule is CCOC(=O)CN(CCOC)C(=O)NCC(CC)C(=O)O. The zero-order valence-electron chi connectivity index (χ0n) is 12.8. The van der Waals surface area contributed by atoms with Crippen molar-refractivity contribution >= 4 is 18.0 Å². The van der Waals surface area contributed by atoms with Gasteiger partial charge in [-0.25, -0.2) is 4.79 Å². The van der Waals surface area contributed by atoms with Gasteiger partial charge in [-0.15, -0.1) is 0 Å². The van der Waals surface area contributed by atoms with Crippen molar-refractivity contribution in [3.63, 3.8) is 0 Å². The number of hydrogen-bond donors (Lipinski definition) is 2. The molecule has 122 valence electrons. The molecule has 0 aliphatic carbocycles. The van der Waals surface area contributed by atoms with Crippen LogP contribution in [0.5, 0.6) is 0 Å². The number of rotatable bonds is 10. The summed E-state index contributed by atoms with van der Waals surface area (Å²) >= 11 is 0. The van der Waals surface area contributed by atoms with Crippen molar-refractivity contribution in [3.8, 4) is 0 Å². The molecule has 0 radical (unpaired) electrons. The number of carbonyl (C=O) groups is 3. The fraction of sp³-hybridized carbons (Fsp3) is 0.769. The summed E-state index contributed by atoms with van der Waals surface area (Å²) in [5.41, 5.74) is 0. The van der Waals surface area contributed by atoms with Gasteiger partial charge in [-0.05, 0) is 13.3 Å². The van der Waals surface area contributed by atoms with Gasteiger partial charge in [-0.3, -0.25) is 9.59 Å². The fourth-order valence-corrected chi connectivity index (χ4v) is 1.54. The summed E-state index contributed by atoms with van der Waals surface area (Å²) in [7, 11) is 1.48. The minimum atomic E-state index is -0.966. The van der Waals surface area contributed by atoms with Gasteiger partial charge in [-0.2, -0.15) is 0 Å². The van der Waals surface area contributed by atoms with E-state index in [0.29, 0.717) is 6.42 Å². The van der Waals surface area contributed by atoms with E-state index in [9.17, 15) is 14.4 Å². The Labute approximate surface area is 124 Å². The Morgan fingerprint density at radius 2 is 1.95 bits per heavy atom. The first kappa shape index (κ1) is 19.2. The summed E-state index contributed by atoms with van der Waals surface area (Å²) in [6.45, 7) is 3.93. The standard InChI is InChI=1S/C13H24N2O6/c1-4-10(12(17)18)8-14-13(19)15(6-7-20-3)9-11(16)21-5-2/h10H,4-9H2,1-3H3,(H,14,19)(H,17,18). The second-order valence-corrected chi connectivity index (χ2v) is 4.35. The van der Waals surface area contributed by atoms with Crippen LogP contribution in [0.3, 0.4) is 0 Å². The lowest BCUT2D eigenvalue weighted by molar-refractivity contribution is -0.144. The maximum Gasteiger partial charge on any atom is 0.325 e. The predicted octanol–water partition coefficient (Wildman–Crippen LogP) is 0.318. The maximum absolute atomic E-state index is 12.0. The van der Waals surface area contributed by atoms with Gasteiger partial charge in [0.1, 0.15) is 6.54 Å². The van der Waals surface area contributed by atoms with Crippen LogP contribution in [0.15, 0.2) is 0 Å². The van der Waals surface area contributed by atoms with Gasteiger partial charge in [0, 0.05) is 20.2 Å². The van der Waals surface area contributed by atoms with Gasteiger partial charge in [0.15, 0.2) is 0 Å². The van der Waals surface area contributed by atoms with Crippen molar-refractivity contribution in [2.45, 2.75) is 20.3 Å². The molecular weight excluding hydrogens is 280 g/mol. The minimum Gasteiger partial charge on any atom is -0.481 e. The van der Waals surface area contributed by atoms with E-state index in [-0.39, 0.29) is 32.8 Å². The third kappa shape index (κ3) is 8.13. The molecular formula is C13H24N2O6. The highest BCUT2D eigenvalue weighted by Gasteiger charge is 2.20. The zero-order valence-corrected chi connectivity index (χ0v) is 12.8. The van der Waals surface area contributed by atoms with Crippen molar-refractivity contribution < 1.29 is 29.0 Å². The molecule has 0 saturated carbocycles.